The van der Waals surface area contributed by atoms with E-state index in [0.29, 0.717) is 22.3 Å². The predicted molar refractivity (Wildman–Crippen MR) is 97.3 cm³/mol. The van der Waals surface area contributed by atoms with Crippen molar-refractivity contribution in [3.8, 4) is 6.07 Å². The molecule has 124 valence electrons. The molecule has 1 aromatic carbocycles. The summed E-state index contributed by atoms with van der Waals surface area (Å²) in [7, 11) is 0. The Balaban J connectivity index is 1.67. The van der Waals surface area contributed by atoms with E-state index in [1.807, 2.05) is 30.3 Å². The third-order valence-corrected chi connectivity index (χ3v) is 4.43. The molecule has 1 amide bonds. The lowest BCUT2D eigenvalue weighted by molar-refractivity contribution is -0.112. The summed E-state index contributed by atoms with van der Waals surface area (Å²) in [4.78, 5) is 17.4. The van der Waals surface area contributed by atoms with Gasteiger partial charge < -0.3 is 4.42 Å². The number of nitrogens with one attached hydrogen (secondary N) is 1. The Morgan fingerprint density at radius 3 is 2.84 bits per heavy atom. The van der Waals surface area contributed by atoms with Crippen LogP contribution in [0.15, 0.2) is 58.8 Å². The summed E-state index contributed by atoms with van der Waals surface area (Å²) in [5.74, 6) is -0.0828. The molecular formula is C18H12ClN3O2S. The Kier molecular flexibility index (Phi) is 5.29. The van der Waals surface area contributed by atoms with Crippen molar-refractivity contribution in [3.63, 3.8) is 0 Å². The number of rotatable bonds is 5. The minimum atomic E-state index is -0.522. The van der Waals surface area contributed by atoms with E-state index in [9.17, 15) is 4.79 Å². The van der Waals surface area contributed by atoms with Gasteiger partial charge in [0, 0.05) is 28.6 Å². The molecule has 0 bridgehead atoms. The lowest BCUT2D eigenvalue weighted by Gasteiger charge is -1.99. The molecule has 0 atom stereocenters. The summed E-state index contributed by atoms with van der Waals surface area (Å²) in [6.45, 7) is 0. The van der Waals surface area contributed by atoms with Gasteiger partial charge in [-0.15, -0.1) is 11.3 Å². The quantitative estimate of drug-likeness (QED) is 0.529. The normalized spacial score (nSPS) is 11.1. The number of anilines is 1. The van der Waals surface area contributed by atoms with E-state index < -0.39 is 5.91 Å². The molecule has 0 fully saturated rings. The van der Waals surface area contributed by atoms with E-state index in [1.165, 1.54) is 23.7 Å². The molecule has 0 saturated carbocycles. The number of aromatic nitrogens is 1. The SMILES string of the molecule is N#C/C(=C\c1ccco1)C(=O)Nc1ncc(Cc2ccc(Cl)cc2)s1. The first-order valence-electron chi connectivity index (χ1n) is 7.30. The third kappa shape index (κ3) is 4.57. The fourth-order valence-corrected chi connectivity index (χ4v) is 3.05. The van der Waals surface area contributed by atoms with Crippen molar-refractivity contribution in [2.45, 2.75) is 6.42 Å². The smallest absolute Gasteiger partial charge is 0.268 e. The second-order valence-corrected chi connectivity index (χ2v) is 6.63. The number of nitrogens with zero attached hydrogens (tertiary/aromatic N) is 2. The van der Waals surface area contributed by atoms with Crippen LogP contribution < -0.4 is 5.32 Å². The van der Waals surface area contributed by atoms with E-state index in [1.54, 1.807) is 18.3 Å². The minimum absolute atomic E-state index is 0.0515. The van der Waals surface area contributed by atoms with Gasteiger partial charge in [-0.2, -0.15) is 5.26 Å². The lowest BCUT2D eigenvalue weighted by atomic mass is 10.1. The maximum atomic E-state index is 12.2. The average molecular weight is 370 g/mol. The van der Waals surface area contributed by atoms with Gasteiger partial charge in [0.1, 0.15) is 17.4 Å². The zero-order valence-corrected chi connectivity index (χ0v) is 14.5. The molecule has 0 aliphatic carbocycles. The molecule has 2 heterocycles. The largest absolute Gasteiger partial charge is 0.465 e. The van der Waals surface area contributed by atoms with Crippen LogP contribution in [0.3, 0.4) is 0 Å². The number of hydrogen-bond acceptors (Lipinski definition) is 5. The molecule has 0 saturated heterocycles. The maximum Gasteiger partial charge on any atom is 0.268 e. The third-order valence-electron chi connectivity index (χ3n) is 3.26. The number of hydrogen-bond donors (Lipinski definition) is 1. The Morgan fingerprint density at radius 2 is 2.16 bits per heavy atom. The number of benzene rings is 1. The van der Waals surface area contributed by atoms with Crippen LogP contribution in [0.25, 0.3) is 6.08 Å². The first kappa shape index (κ1) is 17.0. The van der Waals surface area contributed by atoms with E-state index >= 15 is 0 Å². The molecule has 0 radical (unpaired) electrons. The van der Waals surface area contributed by atoms with Gasteiger partial charge in [0.05, 0.1) is 6.26 Å². The highest BCUT2D eigenvalue weighted by atomic mass is 35.5. The molecule has 0 aliphatic heterocycles. The number of nitriles is 1. The summed E-state index contributed by atoms with van der Waals surface area (Å²) >= 11 is 7.23. The number of furan rings is 1. The molecule has 0 unspecified atom stereocenters. The van der Waals surface area contributed by atoms with E-state index in [4.69, 9.17) is 21.3 Å². The Labute approximate surface area is 153 Å². The molecule has 2 aromatic heterocycles. The van der Waals surface area contributed by atoms with Crippen LogP contribution in [0.5, 0.6) is 0 Å². The molecule has 3 aromatic rings. The Morgan fingerprint density at radius 1 is 1.36 bits per heavy atom. The number of carbonyl (C=O) groups is 1. The maximum absolute atomic E-state index is 12.2. The molecule has 7 heteroatoms. The van der Waals surface area contributed by atoms with Gasteiger partial charge in [0.25, 0.3) is 5.91 Å². The Bertz CT molecular complexity index is 938. The van der Waals surface area contributed by atoms with Crippen molar-refractivity contribution in [1.29, 1.82) is 5.26 Å². The monoisotopic (exact) mass is 369 g/mol. The molecule has 1 N–H and O–H groups in total. The number of halogens is 1. The molecule has 25 heavy (non-hydrogen) atoms. The van der Waals surface area contributed by atoms with Crippen LogP contribution in [0.1, 0.15) is 16.2 Å². The van der Waals surface area contributed by atoms with Gasteiger partial charge in [-0.1, -0.05) is 23.7 Å². The van der Waals surface area contributed by atoms with Crippen molar-refractivity contribution in [2.75, 3.05) is 5.32 Å². The first-order chi connectivity index (χ1) is 12.1. The highest BCUT2D eigenvalue weighted by Crippen LogP contribution is 2.22. The summed E-state index contributed by atoms with van der Waals surface area (Å²) < 4.78 is 5.12. The van der Waals surface area contributed by atoms with Gasteiger partial charge in [-0.05, 0) is 29.8 Å². The Hall–Kier alpha value is -2.88. The zero-order chi connectivity index (χ0) is 17.6. The lowest BCUT2D eigenvalue weighted by Crippen LogP contribution is -2.13. The van der Waals surface area contributed by atoms with Crippen LogP contribution in [0.2, 0.25) is 5.02 Å². The van der Waals surface area contributed by atoms with E-state index in [0.717, 1.165) is 10.4 Å². The minimum Gasteiger partial charge on any atom is -0.465 e. The zero-order valence-electron chi connectivity index (χ0n) is 12.9. The van der Waals surface area contributed by atoms with E-state index in [2.05, 4.69) is 10.3 Å². The van der Waals surface area contributed by atoms with Gasteiger partial charge >= 0.3 is 0 Å². The topological polar surface area (TPSA) is 78.9 Å². The molecule has 0 spiro atoms. The molecule has 3 rings (SSSR count). The van der Waals surface area contributed by atoms with Crippen molar-refractivity contribution in [2.24, 2.45) is 0 Å². The fraction of sp³-hybridized carbons (Fsp3) is 0.0556. The number of carbonyl (C=O) groups excluding carboxylic acids is 1. The van der Waals surface area contributed by atoms with Crippen molar-refractivity contribution < 1.29 is 9.21 Å². The van der Waals surface area contributed by atoms with Crippen LogP contribution >= 0.6 is 22.9 Å². The first-order valence-corrected chi connectivity index (χ1v) is 8.49. The van der Waals surface area contributed by atoms with Crippen LogP contribution in [0.4, 0.5) is 5.13 Å². The second-order valence-electron chi connectivity index (χ2n) is 5.07. The van der Waals surface area contributed by atoms with Gasteiger partial charge in [0.15, 0.2) is 5.13 Å². The van der Waals surface area contributed by atoms with Crippen LogP contribution in [-0.2, 0) is 11.2 Å². The van der Waals surface area contributed by atoms with Crippen molar-refractivity contribution >= 4 is 40.1 Å². The summed E-state index contributed by atoms with van der Waals surface area (Å²) in [5, 5.41) is 12.9. The van der Waals surface area contributed by atoms with Gasteiger partial charge in [-0.25, -0.2) is 4.98 Å². The van der Waals surface area contributed by atoms with Crippen molar-refractivity contribution in [1.82, 2.24) is 4.98 Å². The standard InChI is InChI=1S/C18H12ClN3O2S/c19-14-5-3-12(4-6-14)8-16-11-21-18(25-16)22-17(23)13(10-20)9-15-2-1-7-24-15/h1-7,9,11H,8H2,(H,21,22,23)/b13-9+. The molecular weight excluding hydrogens is 358 g/mol. The summed E-state index contributed by atoms with van der Waals surface area (Å²) in [6.07, 6.45) is 5.26. The number of thiazole rings is 1. The number of amides is 1. The van der Waals surface area contributed by atoms with E-state index in [-0.39, 0.29) is 5.57 Å². The highest BCUT2D eigenvalue weighted by molar-refractivity contribution is 7.15. The highest BCUT2D eigenvalue weighted by Gasteiger charge is 2.13. The average Bonchev–Trinajstić information content (AvgIpc) is 3.26. The summed E-state index contributed by atoms with van der Waals surface area (Å²) in [5.41, 5.74) is 1.05. The fourth-order valence-electron chi connectivity index (χ4n) is 2.08. The second kappa shape index (κ2) is 7.79. The van der Waals surface area contributed by atoms with Crippen molar-refractivity contribution in [3.05, 3.63) is 75.7 Å². The predicted octanol–water partition coefficient (Wildman–Crippen LogP) is 4.53. The summed E-state index contributed by atoms with van der Waals surface area (Å²) in [6, 6.07) is 12.8. The molecule has 0 aliphatic rings. The van der Waals surface area contributed by atoms with Gasteiger partial charge in [0.2, 0.25) is 0 Å². The van der Waals surface area contributed by atoms with Gasteiger partial charge in [-0.3, -0.25) is 10.1 Å². The van der Waals surface area contributed by atoms with Crippen LogP contribution in [0, 0.1) is 11.3 Å². The molecule has 5 nitrogen and oxygen atoms in total. The van der Waals surface area contributed by atoms with Crippen LogP contribution in [-0.4, -0.2) is 10.9 Å².